The van der Waals surface area contributed by atoms with Crippen LogP contribution in [0.4, 0.5) is 0 Å². The maximum Gasteiger partial charge on any atom is 0.472 e. The summed E-state index contributed by atoms with van der Waals surface area (Å²) in [5.41, 5.74) is 0. The third kappa shape index (κ3) is 76.7. The normalized spacial score (nSPS) is 14.2. The standard InChI is InChI=1S/C85H154O17P2/c1-5-9-13-17-21-25-29-33-37-39-43-45-49-53-57-61-65-69-82(87)95-75-80(101-84(89)71-67-63-59-55-51-47-41-35-31-27-23-19-15-11-7-3)77-99-103(91,92)97-73-79(86)74-98-104(93,94)100-78-81(102-85(90)72-68-64-60-56-52-48-42-36-32-28-24-20-16-12-8-4)76-96-83(88)70-66-62-58-54-50-46-44-40-38-34-30-26-22-18-14-10-6-2/h21,25,33,35-37,41-43,45,53,57,79-81,86H,5-20,22-24,26-32,34,38-40,44,46-52,54-56,58-78H2,1-4H3,(H,91,92)(H,93,94)/b25-21-,37-33-,41-35-,42-36-,45-43-,57-53-/t79-,80+,81+/m0/s1. The lowest BCUT2D eigenvalue weighted by atomic mass is 10.0. The van der Waals surface area contributed by atoms with Gasteiger partial charge in [0.15, 0.2) is 12.2 Å². The van der Waals surface area contributed by atoms with E-state index in [4.69, 9.17) is 37.0 Å². The predicted octanol–water partition coefficient (Wildman–Crippen LogP) is 24.8. The van der Waals surface area contributed by atoms with Gasteiger partial charge in [-0.3, -0.25) is 37.3 Å². The number of carbonyl (C=O) groups excluding carboxylic acids is 4. The fourth-order valence-electron chi connectivity index (χ4n) is 11.7. The van der Waals surface area contributed by atoms with E-state index in [1.165, 1.54) is 180 Å². The van der Waals surface area contributed by atoms with Crippen molar-refractivity contribution in [1.29, 1.82) is 0 Å². The van der Waals surface area contributed by atoms with Crippen molar-refractivity contribution in [2.75, 3.05) is 39.6 Å². The highest BCUT2D eigenvalue weighted by Gasteiger charge is 2.30. The molecular formula is C85H154O17P2. The number of hydrogen-bond acceptors (Lipinski definition) is 15. The third-order valence-corrected chi connectivity index (χ3v) is 20.0. The van der Waals surface area contributed by atoms with Crippen LogP contribution in [-0.4, -0.2) is 96.7 Å². The second-order valence-corrected chi connectivity index (χ2v) is 31.3. The highest BCUT2D eigenvalue weighted by Crippen LogP contribution is 2.45. The average Bonchev–Trinajstić information content (AvgIpc) is 0.937. The molecule has 2 unspecified atom stereocenters. The van der Waals surface area contributed by atoms with Crippen molar-refractivity contribution < 1.29 is 80.2 Å². The number of aliphatic hydroxyl groups is 1. The molecule has 0 aromatic rings. The van der Waals surface area contributed by atoms with Gasteiger partial charge in [-0.2, -0.15) is 0 Å². The smallest absolute Gasteiger partial charge is 0.462 e. The Kier molecular flexibility index (Phi) is 75.0. The van der Waals surface area contributed by atoms with Crippen LogP contribution in [0.5, 0.6) is 0 Å². The Morgan fingerprint density at radius 2 is 0.481 bits per heavy atom. The van der Waals surface area contributed by atoms with Crippen molar-refractivity contribution in [2.24, 2.45) is 0 Å². The molecule has 0 aliphatic carbocycles. The highest BCUT2D eigenvalue weighted by atomic mass is 31.2. The summed E-state index contributed by atoms with van der Waals surface area (Å²) >= 11 is 0. The molecule has 0 rings (SSSR count). The maximum atomic E-state index is 13.1. The number of hydrogen-bond donors (Lipinski definition) is 3. The van der Waals surface area contributed by atoms with E-state index in [-0.39, 0.29) is 25.7 Å². The molecule has 606 valence electrons. The first-order valence-corrected chi connectivity index (χ1v) is 45.2. The van der Waals surface area contributed by atoms with Crippen LogP contribution in [0.2, 0.25) is 0 Å². The van der Waals surface area contributed by atoms with Crippen LogP contribution < -0.4 is 0 Å². The highest BCUT2D eigenvalue weighted by molar-refractivity contribution is 7.47. The summed E-state index contributed by atoms with van der Waals surface area (Å²) in [5.74, 6) is -2.22. The first-order chi connectivity index (χ1) is 50.7. The largest absolute Gasteiger partial charge is 0.472 e. The van der Waals surface area contributed by atoms with Crippen LogP contribution in [0.15, 0.2) is 72.9 Å². The Morgan fingerprint density at radius 3 is 0.788 bits per heavy atom. The molecule has 0 radical (unpaired) electrons. The van der Waals surface area contributed by atoms with Crippen LogP contribution in [-0.2, 0) is 65.4 Å². The van der Waals surface area contributed by atoms with Crippen LogP contribution in [0.3, 0.4) is 0 Å². The minimum atomic E-state index is -4.99. The maximum absolute atomic E-state index is 13.1. The molecule has 0 spiro atoms. The van der Waals surface area contributed by atoms with Gasteiger partial charge in [0.25, 0.3) is 0 Å². The number of phosphoric ester groups is 2. The molecule has 3 N–H and O–H groups in total. The number of ether oxygens (including phenoxy) is 4. The SMILES string of the molecule is CCCCC/C=C\C/C=C\C/C=C\C/C=C\CCCC(=O)OC[C@H](COP(=O)(O)OC[C@H](O)COP(=O)(O)OC[C@@H](COC(=O)CCCCCCCCCCCCCCCCCCC)OC(=O)CCCCCCC/C=C\CCCCCCCC)OC(=O)CCCCCCC/C=C\CCCCCCCC. The number of aliphatic hydroxyl groups excluding tert-OH is 1. The molecule has 0 amide bonds. The van der Waals surface area contributed by atoms with Gasteiger partial charge < -0.3 is 33.8 Å². The summed E-state index contributed by atoms with van der Waals surface area (Å²) < 4.78 is 68.7. The molecule has 0 heterocycles. The zero-order valence-corrected chi connectivity index (χ0v) is 68.2. The van der Waals surface area contributed by atoms with E-state index in [1.54, 1.807) is 0 Å². The van der Waals surface area contributed by atoms with E-state index in [1.807, 2.05) is 12.2 Å². The molecule has 19 heteroatoms. The number of unbranched alkanes of at least 4 members (excludes halogenated alkanes) is 42. The lowest BCUT2D eigenvalue weighted by molar-refractivity contribution is -0.161. The number of rotatable bonds is 80. The van der Waals surface area contributed by atoms with E-state index in [0.717, 1.165) is 122 Å². The molecule has 17 nitrogen and oxygen atoms in total. The first-order valence-electron chi connectivity index (χ1n) is 42.2. The molecule has 0 aliphatic heterocycles. The molecule has 5 atom stereocenters. The Morgan fingerprint density at radius 1 is 0.269 bits per heavy atom. The lowest BCUT2D eigenvalue weighted by Crippen LogP contribution is -2.30. The fourth-order valence-corrected chi connectivity index (χ4v) is 13.3. The van der Waals surface area contributed by atoms with E-state index in [9.17, 15) is 43.2 Å². The van der Waals surface area contributed by atoms with E-state index in [2.05, 4.69) is 88.5 Å². The zero-order valence-electron chi connectivity index (χ0n) is 66.5. The average molecular weight is 1510 g/mol. The number of esters is 4. The molecule has 0 bridgehead atoms. The third-order valence-electron chi connectivity index (χ3n) is 18.1. The Bertz CT molecular complexity index is 2250. The fraction of sp³-hybridized carbons (Fsp3) is 0.812. The summed E-state index contributed by atoms with van der Waals surface area (Å²) in [6.45, 7) is 4.84. The van der Waals surface area contributed by atoms with E-state index < -0.39 is 97.5 Å². The molecule has 0 aliphatic rings. The molecule has 0 saturated heterocycles. The van der Waals surface area contributed by atoms with Gasteiger partial charge in [-0.1, -0.05) is 319 Å². The zero-order chi connectivity index (χ0) is 76.0. The molecule has 0 aromatic heterocycles. The van der Waals surface area contributed by atoms with Gasteiger partial charge >= 0.3 is 39.5 Å². The summed E-state index contributed by atoms with van der Waals surface area (Å²) in [4.78, 5) is 73.1. The van der Waals surface area contributed by atoms with Gasteiger partial charge in [0, 0.05) is 25.7 Å². The van der Waals surface area contributed by atoms with E-state index in [0.29, 0.717) is 32.1 Å². The van der Waals surface area contributed by atoms with Gasteiger partial charge in [-0.25, -0.2) is 9.13 Å². The molecular weight excluding hydrogens is 1350 g/mol. The second-order valence-electron chi connectivity index (χ2n) is 28.4. The first kappa shape index (κ1) is 100. The Balaban J connectivity index is 5.38. The predicted molar refractivity (Wildman–Crippen MR) is 427 cm³/mol. The second kappa shape index (κ2) is 77.7. The molecule has 104 heavy (non-hydrogen) atoms. The minimum absolute atomic E-state index is 0.0760. The number of phosphoric acid groups is 2. The van der Waals surface area contributed by atoms with Crippen LogP contribution in [0.1, 0.15) is 387 Å². The quantitative estimate of drug-likeness (QED) is 0.0169. The van der Waals surface area contributed by atoms with Crippen molar-refractivity contribution in [3.63, 3.8) is 0 Å². The Hall–Kier alpha value is -3.50. The summed E-state index contributed by atoms with van der Waals surface area (Å²) in [5, 5.41) is 10.7. The van der Waals surface area contributed by atoms with Crippen molar-refractivity contribution in [2.45, 2.75) is 406 Å². The van der Waals surface area contributed by atoms with Crippen molar-refractivity contribution in [3.05, 3.63) is 72.9 Å². The van der Waals surface area contributed by atoms with Crippen LogP contribution in [0, 0.1) is 0 Å². The summed E-state index contributed by atoms with van der Waals surface area (Å²) in [6, 6.07) is 0. The van der Waals surface area contributed by atoms with Crippen molar-refractivity contribution in [1.82, 2.24) is 0 Å². The van der Waals surface area contributed by atoms with Gasteiger partial charge in [-0.05, 0) is 116 Å². The number of allylic oxidation sites excluding steroid dienone is 12. The summed E-state index contributed by atoms with van der Waals surface area (Å²) in [6.07, 6.45) is 80.2. The van der Waals surface area contributed by atoms with Crippen molar-refractivity contribution >= 4 is 39.5 Å². The monoisotopic (exact) mass is 1510 g/mol. The molecule has 0 fully saturated rings. The van der Waals surface area contributed by atoms with Gasteiger partial charge in [0.05, 0.1) is 26.4 Å². The van der Waals surface area contributed by atoms with Crippen LogP contribution >= 0.6 is 15.6 Å². The van der Waals surface area contributed by atoms with Gasteiger partial charge in [-0.15, -0.1) is 0 Å². The summed E-state index contributed by atoms with van der Waals surface area (Å²) in [7, 11) is -9.97. The lowest BCUT2D eigenvalue weighted by Gasteiger charge is -2.21. The minimum Gasteiger partial charge on any atom is -0.462 e. The topological polar surface area (TPSA) is 237 Å². The molecule has 0 aromatic carbocycles. The number of carbonyl (C=O) groups is 4. The van der Waals surface area contributed by atoms with Crippen molar-refractivity contribution in [3.8, 4) is 0 Å². The molecule has 0 saturated carbocycles. The van der Waals surface area contributed by atoms with E-state index >= 15 is 0 Å². The van der Waals surface area contributed by atoms with Gasteiger partial charge in [0.1, 0.15) is 19.3 Å². The van der Waals surface area contributed by atoms with Gasteiger partial charge in [0.2, 0.25) is 0 Å². The van der Waals surface area contributed by atoms with Crippen LogP contribution in [0.25, 0.3) is 0 Å². The Labute approximate surface area is 634 Å².